The number of nitrogens with one attached hydrogen (secondary N) is 1. The van der Waals surface area contributed by atoms with Crippen LogP contribution in [-0.4, -0.2) is 74.9 Å². The van der Waals surface area contributed by atoms with E-state index in [4.69, 9.17) is 15.0 Å². The molecular formula is C47H52N12. The number of nitrogens with zero attached hydrogens (tertiary/aromatic N) is 11. The van der Waals surface area contributed by atoms with Crippen molar-refractivity contribution in [3.8, 4) is 22.5 Å². The van der Waals surface area contributed by atoms with Gasteiger partial charge in [0.1, 0.15) is 0 Å². The van der Waals surface area contributed by atoms with Crippen LogP contribution in [-0.2, 0) is 32.5 Å². The van der Waals surface area contributed by atoms with Crippen LogP contribution < -0.4 is 5.32 Å². The third-order valence-electron chi connectivity index (χ3n) is 11.8. The van der Waals surface area contributed by atoms with Gasteiger partial charge in [0.25, 0.3) is 0 Å². The summed E-state index contributed by atoms with van der Waals surface area (Å²) in [5, 5.41) is 21.6. The predicted octanol–water partition coefficient (Wildman–Crippen LogP) is 7.66. The van der Waals surface area contributed by atoms with E-state index in [1.54, 1.807) is 0 Å². The van der Waals surface area contributed by atoms with Crippen molar-refractivity contribution in [3.05, 3.63) is 162 Å². The van der Waals surface area contributed by atoms with E-state index in [0.717, 1.165) is 111 Å². The Hall–Kier alpha value is -5.95. The van der Waals surface area contributed by atoms with Crippen molar-refractivity contribution < 1.29 is 0 Å². The lowest BCUT2D eigenvalue weighted by atomic mass is 9.90. The Morgan fingerprint density at radius 1 is 0.627 bits per heavy atom. The van der Waals surface area contributed by atoms with E-state index in [-0.39, 0.29) is 6.04 Å². The minimum Gasteiger partial charge on any atom is -0.311 e. The summed E-state index contributed by atoms with van der Waals surface area (Å²) in [6, 6.07) is 32.0. The van der Waals surface area contributed by atoms with E-state index in [2.05, 4.69) is 116 Å². The summed E-state index contributed by atoms with van der Waals surface area (Å²) in [6.07, 6.45) is 18.8. The molecular weight excluding hydrogens is 733 g/mol. The number of aryl methyl sites for hydroxylation is 2. The van der Waals surface area contributed by atoms with Crippen LogP contribution in [0.4, 0.5) is 0 Å². The van der Waals surface area contributed by atoms with Gasteiger partial charge in [-0.3, -0.25) is 24.8 Å². The zero-order valence-corrected chi connectivity index (χ0v) is 33.8. The first-order valence-corrected chi connectivity index (χ1v) is 21.1. The molecule has 2 aliphatic rings. The molecule has 0 aliphatic heterocycles. The van der Waals surface area contributed by atoms with Crippen LogP contribution in [0.25, 0.3) is 22.5 Å². The molecule has 5 aromatic heterocycles. The topological polar surface area (TPSA) is 119 Å². The van der Waals surface area contributed by atoms with Crippen molar-refractivity contribution >= 4 is 0 Å². The SMILES string of the molecule is CN(Cc1cn(-c2ccc(-c3ccc(CNCCCCN(Cc4cn(-c5ccccc5)nn4)C4CCCc5cccnc54)nc3)cc2)nn1)C1CCCc2cccnc21. The lowest BCUT2D eigenvalue weighted by Crippen LogP contribution is -2.33. The number of pyridine rings is 3. The van der Waals surface area contributed by atoms with Gasteiger partial charge in [-0.1, -0.05) is 59.0 Å². The molecule has 0 saturated heterocycles. The number of hydrogen-bond donors (Lipinski definition) is 1. The number of para-hydroxylation sites is 1. The average molecular weight is 785 g/mol. The second-order valence-corrected chi connectivity index (χ2v) is 15.9. The van der Waals surface area contributed by atoms with Crippen molar-refractivity contribution in [2.24, 2.45) is 0 Å². The van der Waals surface area contributed by atoms with Gasteiger partial charge >= 0.3 is 0 Å². The van der Waals surface area contributed by atoms with Crippen molar-refractivity contribution in [1.82, 2.24) is 60.1 Å². The number of hydrogen-bond acceptors (Lipinski definition) is 10. The lowest BCUT2D eigenvalue weighted by Gasteiger charge is -2.34. The minimum atomic E-state index is 0.282. The fourth-order valence-electron chi connectivity index (χ4n) is 8.74. The lowest BCUT2D eigenvalue weighted by molar-refractivity contribution is 0.160. The van der Waals surface area contributed by atoms with Gasteiger partial charge in [-0.15, -0.1) is 10.2 Å². The standard InChI is InChI=1S/C47H52N12/c1-56(44-17-7-11-36-13-9-26-49-46(36)44)31-40-33-59(54-52-40)43-23-20-35(21-24-43)38-19-22-39(51-29-38)30-48-25-5-6-28-57(45-18-8-12-37-14-10-27-50-47(37)45)32-41-34-58(55-53-41)42-15-3-2-4-16-42/h2-4,9-10,13-16,19-24,26-27,29,33-34,44-45,48H,5-8,11-12,17-18,25,28,30-32H2,1H3. The summed E-state index contributed by atoms with van der Waals surface area (Å²) >= 11 is 0. The molecule has 1 N–H and O–H groups in total. The van der Waals surface area contributed by atoms with Gasteiger partial charge < -0.3 is 5.32 Å². The number of rotatable bonds is 16. The Kier molecular flexibility index (Phi) is 12.0. The number of unbranched alkanes of at least 4 members (excludes halogenated alkanes) is 1. The van der Waals surface area contributed by atoms with E-state index in [1.165, 1.54) is 35.4 Å². The molecule has 5 heterocycles. The molecule has 59 heavy (non-hydrogen) atoms. The van der Waals surface area contributed by atoms with E-state index in [1.807, 2.05) is 58.4 Å². The van der Waals surface area contributed by atoms with Gasteiger partial charge in [-0.25, -0.2) is 9.36 Å². The van der Waals surface area contributed by atoms with Gasteiger partial charge in [-0.05, 0) is 131 Å². The van der Waals surface area contributed by atoms with E-state index in [0.29, 0.717) is 6.04 Å². The highest BCUT2D eigenvalue weighted by atomic mass is 15.4. The summed E-state index contributed by atoms with van der Waals surface area (Å²) in [5.41, 5.74) is 12.3. The quantitative estimate of drug-likeness (QED) is 0.0979. The van der Waals surface area contributed by atoms with Crippen LogP contribution in [0.5, 0.6) is 0 Å². The van der Waals surface area contributed by atoms with Crippen LogP contribution >= 0.6 is 0 Å². The van der Waals surface area contributed by atoms with Crippen LogP contribution in [0.1, 0.15) is 90.2 Å². The third-order valence-corrected chi connectivity index (χ3v) is 11.8. The fourth-order valence-corrected chi connectivity index (χ4v) is 8.74. The first kappa shape index (κ1) is 38.6. The predicted molar refractivity (Wildman–Crippen MR) is 229 cm³/mol. The van der Waals surface area contributed by atoms with Crippen molar-refractivity contribution in [2.45, 2.75) is 83.1 Å². The maximum Gasteiger partial charge on any atom is 0.0972 e. The van der Waals surface area contributed by atoms with Crippen LogP contribution in [0.3, 0.4) is 0 Å². The van der Waals surface area contributed by atoms with Gasteiger partial charge in [0.2, 0.25) is 0 Å². The maximum atomic E-state index is 4.86. The van der Waals surface area contributed by atoms with Crippen molar-refractivity contribution in [2.75, 3.05) is 20.1 Å². The number of aromatic nitrogens is 9. The molecule has 0 amide bonds. The van der Waals surface area contributed by atoms with Gasteiger partial charge in [-0.2, -0.15) is 0 Å². The Morgan fingerprint density at radius 3 is 1.97 bits per heavy atom. The molecule has 2 aromatic carbocycles. The van der Waals surface area contributed by atoms with Gasteiger partial charge in [0, 0.05) is 43.8 Å². The van der Waals surface area contributed by atoms with Crippen LogP contribution in [0, 0.1) is 0 Å². The molecule has 9 rings (SSSR count). The monoisotopic (exact) mass is 784 g/mol. The van der Waals surface area contributed by atoms with Gasteiger partial charge in [0.15, 0.2) is 0 Å². The highest BCUT2D eigenvalue weighted by Gasteiger charge is 2.28. The largest absolute Gasteiger partial charge is 0.311 e. The summed E-state index contributed by atoms with van der Waals surface area (Å²) in [5.74, 6) is 0. The Balaban J connectivity index is 0.751. The molecule has 12 nitrogen and oxygen atoms in total. The Morgan fingerprint density at radius 2 is 1.27 bits per heavy atom. The summed E-state index contributed by atoms with van der Waals surface area (Å²) < 4.78 is 3.72. The highest BCUT2D eigenvalue weighted by Crippen LogP contribution is 2.35. The van der Waals surface area contributed by atoms with Crippen molar-refractivity contribution in [3.63, 3.8) is 0 Å². The molecule has 0 spiro atoms. The summed E-state index contributed by atoms with van der Waals surface area (Å²) in [6.45, 7) is 4.09. The molecule has 0 radical (unpaired) electrons. The molecule has 2 atom stereocenters. The van der Waals surface area contributed by atoms with E-state index < -0.39 is 0 Å². The molecule has 300 valence electrons. The fraction of sp³-hybridized carbons (Fsp3) is 0.340. The molecule has 2 unspecified atom stereocenters. The molecule has 7 aromatic rings. The Labute approximate surface area is 346 Å². The smallest absolute Gasteiger partial charge is 0.0972 e. The minimum absolute atomic E-state index is 0.282. The zero-order chi connectivity index (χ0) is 39.8. The van der Waals surface area contributed by atoms with E-state index in [9.17, 15) is 0 Å². The van der Waals surface area contributed by atoms with Crippen LogP contribution in [0.15, 0.2) is 122 Å². The van der Waals surface area contributed by atoms with Crippen LogP contribution in [0.2, 0.25) is 0 Å². The zero-order valence-electron chi connectivity index (χ0n) is 33.8. The molecule has 2 aliphatic carbocycles. The second kappa shape index (κ2) is 18.3. The average Bonchev–Trinajstić information content (AvgIpc) is 3.97. The van der Waals surface area contributed by atoms with Crippen molar-refractivity contribution in [1.29, 1.82) is 0 Å². The second-order valence-electron chi connectivity index (χ2n) is 15.9. The molecule has 0 fully saturated rings. The first-order valence-electron chi connectivity index (χ1n) is 21.1. The Bertz CT molecular complexity index is 2410. The van der Waals surface area contributed by atoms with E-state index >= 15 is 0 Å². The third kappa shape index (κ3) is 9.20. The maximum absolute atomic E-state index is 4.86. The molecule has 0 bridgehead atoms. The number of fused-ring (bicyclic) bond motifs is 2. The highest BCUT2D eigenvalue weighted by molar-refractivity contribution is 5.63. The molecule has 0 saturated carbocycles. The van der Waals surface area contributed by atoms with Gasteiger partial charge in [0.05, 0.1) is 64.3 Å². The summed E-state index contributed by atoms with van der Waals surface area (Å²) in [7, 11) is 2.16. The normalized spacial score (nSPS) is 16.3. The first-order chi connectivity index (χ1) is 29.1. The number of benzene rings is 2. The summed E-state index contributed by atoms with van der Waals surface area (Å²) in [4.78, 5) is 19.3. The molecule has 12 heteroatoms.